The normalized spacial score (nSPS) is 20.8. The highest BCUT2D eigenvalue weighted by atomic mass is 31.2. The maximum absolute atomic E-state index is 12.8. The molecule has 378 valence electrons. The van der Waals surface area contributed by atoms with E-state index in [-0.39, 0.29) is 31.1 Å². The molecule has 1 fully saturated rings. The Morgan fingerprint density at radius 3 is 1.85 bits per heavy atom. The van der Waals surface area contributed by atoms with Gasteiger partial charge in [-0.15, -0.1) is 0 Å². The van der Waals surface area contributed by atoms with Gasteiger partial charge in [-0.05, 0) is 83.0 Å². The van der Waals surface area contributed by atoms with Gasteiger partial charge in [0, 0.05) is 25.2 Å². The minimum absolute atomic E-state index is 0.0578. The van der Waals surface area contributed by atoms with Crippen molar-refractivity contribution in [3.05, 3.63) is 85.1 Å². The Hall–Kier alpha value is -2.82. The Balaban J connectivity index is 2.57. The van der Waals surface area contributed by atoms with E-state index in [1.54, 1.807) is 12.2 Å². The predicted molar refractivity (Wildman–Crippen MR) is 255 cm³/mol. The lowest BCUT2D eigenvalue weighted by Crippen LogP contribution is -2.29. The smallest absolute Gasteiger partial charge is 0.462 e. The predicted octanol–water partition coefficient (Wildman–Crippen LogP) is 8.72. The second-order valence-corrected chi connectivity index (χ2v) is 19.0. The van der Waals surface area contributed by atoms with Gasteiger partial charge in [-0.2, -0.15) is 0 Å². The molecule has 0 aliphatic heterocycles. The molecule has 66 heavy (non-hydrogen) atoms. The van der Waals surface area contributed by atoms with Crippen molar-refractivity contribution in [2.24, 2.45) is 11.8 Å². The first kappa shape index (κ1) is 61.2. The van der Waals surface area contributed by atoms with Gasteiger partial charge in [0.2, 0.25) is 0 Å². The van der Waals surface area contributed by atoms with E-state index in [4.69, 9.17) is 23.8 Å². The lowest BCUT2D eigenvalue weighted by atomic mass is 9.89. The number of unbranched alkanes of at least 4 members (excludes halogenated alkanes) is 6. The van der Waals surface area contributed by atoms with Gasteiger partial charge in [-0.1, -0.05) is 125 Å². The number of phosphoric acid groups is 2. The van der Waals surface area contributed by atoms with Crippen molar-refractivity contribution >= 4 is 27.6 Å². The zero-order valence-corrected chi connectivity index (χ0v) is 40.9. The molecule has 1 saturated carbocycles. The Morgan fingerprint density at radius 2 is 1.21 bits per heavy atom. The number of aliphatic hydroxyl groups excluding tert-OH is 4. The number of phosphoric ester groups is 2. The lowest BCUT2D eigenvalue weighted by molar-refractivity contribution is -0.161. The molecule has 8 atom stereocenters. The van der Waals surface area contributed by atoms with E-state index in [0.29, 0.717) is 32.1 Å². The SMILES string of the molecule is CC/C=C\C/C=C\C/C=C\C/C=C\C/C=C\CCCCCC(=O)OC[C@H](COP(=O)(O)OC[C@@H](O)COP(=O)(O)O)OC(=O)CCC/C=C/C[C@@H]1[C@@H](/C=C/[C@@H](O)CCCCC)[C@H](O)C[C@@H]1O. The third-order valence-electron chi connectivity index (χ3n) is 10.3. The molecule has 1 aliphatic rings. The molecule has 16 nitrogen and oxygen atoms in total. The summed E-state index contributed by atoms with van der Waals surface area (Å²) < 4.78 is 47.8. The van der Waals surface area contributed by atoms with E-state index < -0.39 is 84.5 Å². The van der Waals surface area contributed by atoms with Crippen LogP contribution in [-0.4, -0.2) is 104 Å². The van der Waals surface area contributed by atoms with Crippen LogP contribution in [0.5, 0.6) is 0 Å². The summed E-state index contributed by atoms with van der Waals surface area (Å²) in [6.45, 7) is 1.22. The van der Waals surface area contributed by atoms with Crippen molar-refractivity contribution in [1.82, 2.24) is 0 Å². The van der Waals surface area contributed by atoms with Crippen molar-refractivity contribution in [3.8, 4) is 0 Å². The van der Waals surface area contributed by atoms with Crippen LogP contribution in [0.2, 0.25) is 0 Å². The molecule has 1 rings (SSSR count). The van der Waals surface area contributed by atoms with Crippen molar-refractivity contribution in [1.29, 1.82) is 0 Å². The summed E-state index contributed by atoms with van der Waals surface area (Å²) in [6.07, 6.45) is 36.6. The summed E-state index contributed by atoms with van der Waals surface area (Å²) in [7, 11) is -9.80. The van der Waals surface area contributed by atoms with Gasteiger partial charge in [0.05, 0.1) is 38.1 Å². The quantitative estimate of drug-likeness (QED) is 0.0132. The minimum atomic E-state index is -4.91. The number of hydrogen-bond donors (Lipinski definition) is 7. The fraction of sp³-hybridized carbons (Fsp3) is 0.667. The third kappa shape index (κ3) is 34.5. The molecule has 0 bridgehead atoms. The molecule has 0 aromatic rings. The number of rotatable bonds is 39. The van der Waals surface area contributed by atoms with Crippen molar-refractivity contribution < 1.29 is 76.9 Å². The van der Waals surface area contributed by atoms with Crippen molar-refractivity contribution in [3.63, 3.8) is 0 Å². The molecule has 7 N–H and O–H groups in total. The lowest BCUT2D eigenvalue weighted by Gasteiger charge is -2.20. The Kier molecular flexibility index (Phi) is 35.3. The van der Waals surface area contributed by atoms with Crippen molar-refractivity contribution in [2.75, 3.05) is 26.4 Å². The van der Waals surface area contributed by atoms with Crippen LogP contribution in [0.3, 0.4) is 0 Å². The summed E-state index contributed by atoms with van der Waals surface area (Å²) in [5.41, 5.74) is 0. The highest BCUT2D eigenvalue weighted by molar-refractivity contribution is 7.47. The monoisotopic (exact) mass is 974 g/mol. The van der Waals surface area contributed by atoms with E-state index in [9.17, 15) is 44.0 Å². The molecule has 0 spiro atoms. The molecule has 0 aromatic carbocycles. The number of carbonyl (C=O) groups excluding carboxylic acids is 2. The average molecular weight is 975 g/mol. The molecule has 0 saturated heterocycles. The summed E-state index contributed by atoms with van der Waals surface area (Å²) in [6, 6.07) is 0. The summed E-state index contributed by atoms with van der Waals surface area (Å²) >= 11 is 0. The van der Waals surface area contributed by atoms with Gasteiger partial charge in [-0.25, -0.2) is 9.13 Å². The maximum Gasteiger partial charge on any atom is 0.472 e. The van der Waals surface area contributed by atoms with Crippen LogP contribution >= 0.6 is 15.6 Å². The van der Waals surface area contributed by atoms with Crippen LogP contribution in [0.15, 0.2) is 85.1 Å². The molecule has 1 aliphatic carbocycles. The Labute approximate surface area is 393 Å². The first-order valence-corrected chi connectivity index (χ1v) is 26.6. The summed E-state index contributed by atoms with van der Waals surface area (Å²) in [5, 5.41) is 41.2. The van der Waals surface area contributed by atoms with Gasteiger partial charge in [0.25, 0.3) is 0 Å². The van der Waals surface area contributed by atoms with E-state index in [2.05, 4.69) is 83.7 Å². The van der Waals surface area contributed by atoms with Crippen LogP contribution in [0.25, 0.3) is 0 Å². The standard InChI is InChI=1S/C48H80O16P2/c1-3-5-7-8-9-10-11-12-13-14-15-16-17-18-19-20-21-22-27-31-47(53)60-38-42(39-63-66(58,59)62-37-41(50)36-61-65(55,56)57)64-48(54)32-28-24-23-26-30-43-44(46(52)35-45(43)51)34-33-40(49)29-25-6-4-2/h5,7,9-10,12-13,15-16,18-19,23,26,33-34,40-46,49-52H,3-4,6,8,11,14,17,20-22,24-25,27-32,35-39H2,1-2H3,(H,58,59)(H2,55,56,57)/b7-5-,10-9-,13-12-,16-15-,19-18-,26-23+,34-33+/t40-,41-,42+,43+,44+,45-,46+/m0/s1. The molecule has 18 heteroatoms. The van der Waals surface area contributed by atoms with Gasteiger partial charge < -0.3 is 44.6 Å². The number of allylic oxidation sites excluding steroid dienone is 12. The number of aliphatic hydroxyl groups is 4. The summed E-state index contributed by atoms with van der Waals surface area (Å²) in [5.74, 6) is -1.80. The minimum Gasteiger partial charge on any atom is -0.462 e. The maximum atomic E-state index is 12.8. The average Bonchev–Trinajstić information content (AvgIpc) is 3.54. The molecule has 0 amide bonds. The molecular weight excluding hydrogens is 894 g/mol. The highest BCUT2D eigenvalue weighted by Gasteiger charge is 2.39. The fourth-order valence-corrected chi connectivity index (χ4v) is 7.88. The zero-order valence-electron chi connectivity index (χ0n) is 39.1. The largest absolute Gasteiger partial charge is 0.472 e. The van der Waals surface area contributed by atoms with Crippen LogP contribution in [0, 0.1) is 11.8 Å². The molecule has 0 aromatic heterocycles. The van der Waals surface area contributed by atoms with Crippen LogP contribution < -0.4 is 0 Å². The number of hydrogen-bond acceptors (Lipinski definition) is 13. The van der Waals surface area contributed by atoms with Crippen LogP contribution in [0.1, 0.15) is 136 Å². The fourth-order valence-electron chi connectivity index (χ4n) is 6.72. The van der Waals surface area contributed by atoms with Crippen LogP contribution in [0.4, 0.5) is 0 Å². The molecular formula is C48H80O16P2. The van der Waals surface area contributed by atoms with Crippen molar-refractivity contribution in [2.45, 2.75) is 166 Å². The second-order valence-electron chi connectivity index (χ2n) is 16.3. The van der Waals surface area contributed by atoms with Gasteiger partial charge in [0.15, 0.2) is 6.10 Å². The van der Waals surface area contributed by atoms with E-state index >= 15 is 0 Å². The molecule has 0 heterocycles. The molecule has 0 radical (unpaired) electrons. The Morgan fingerprint density at radius 1 is 0.636 bits per heavy atom. The molecule has 1 unspecified atom stereocenters. The highest BCUT2D eigenvalue weighted by Crippen LogP contribution is 2.44. The number of ether oxygens (including phenoxy) is 2. The zero-order chi connectivity index (χ0) is 48.9. The van der Waals surface area contributed by atoms with Gasteiger partial charge >= 0.3 is 27.6 Å². The van der Waals surface area contributed by atoms with Crippen LogP contribution in [-0.2, 0) is 41.8 Å². The van der Waals surface area contributed by atoms with E-state index in [0.717, 1.165) is 70.6 Å². The van der Waals surface area contributed by atoms with Gasteiger partial charge in [0.1, 0.15) is 12.7 Å². The first-order valence-electron chi connectivity index (χ1n) is 23.5. The summed E-state index contributed by atoms with van der Waals surface area (Å²) in [4.78, 5) is 53.0. The number of esters is 2. The number of carbonyl (C=O) groups is 2. The van der Waals surface area contributed by atoms with Gasteiger partial charge in [-0.3, -0.25) is 23.2 Å². The third-order valence-corrected chi connectivity index (χ3v) is 11.8. The Bertz CT molecular complexity index is 1600. The first-order chi connectivity index (χ1) is 31.6. The van der Waals surface area contributed by atoms with E-state index in [1.165, 1.54) is 0 Å². The van der Waals surface area contributed by atoms with E-state index in [1.807, 2.05) is 12.2 Å². The second kappa shape index (κ2) is 38.1. The topological polar surface area (TPSA) is 256 Å².